The molecule has 1 spiro atoms. The Morgan fingerprint density at radius 3 is 2.62 bits per heavy atom. The fraction of sp³-hybridized carbons (Fsp3) is 0.432. The molecule has 4 fully saturated rings. The van der Waals surface area contributed by atoms with Gasteiger partial charge in [0, 0.05) is 67.4 Å². The summed E-state index contributed by atoms with van der Waals surface area (Å²) >= 11 is 0. The van der Waals surface area contributed by atoms with E-state index in [4.69, 9.17) is 9.47 Å². The molecule has 0 radical (unpaired) electrons. The van der Waals surface area contributed by atoms with Crippen LogP contribution in [-0.4, -0.2) is 114 Å². The molecule has 10 rings (SSSR count). The number of nitrogens with one attached hydrogen (secondary N) is 3. The van der Waals surface area contributed by atoms with Crippen LogP contribution in [0.5, 0.6) is 5.88 Å². The molecule has 2 aromatic heterocycles. The van der Waals surface area contributed by atoms with Crippen LogP contribution in [0.25, 0.3) is 21.9 Å². The molecule has 3 saturated heterocycles. The van der Waals surface area contributed by atoms with Crippen molar-refractivity contribution in [1.29, 1.82) is 0 Å². The molecule has 5 amide bonds. The number of pyridine rings is 2. The second-order valence-corrected chi connectivity index (χ2v) is 17.1. The molecule has 1 aliphatic carbocycles. The number of hydrogen-bond acceptors (Lipinski definition) is 12. The van der Waals surface area contributed by atoms with E-state index in [0.717, 1.165) is 79.9 Å². The molecule has 6 aliphatic rings. The predicted molar refractivity (Wildman–Crippen MR) is 218 cm³/mol. The fourth-order valence-electron chi connectivity index (χ4n) is 9.96. The molecule has 1 saturated carbocycles. The number of likely N-dealkylation sites (tertiary alicyclic amines) is 1. The molecule has 1 atom stereocenters. The molecule has 4 aromatic rings. The number of amides is 5. The number of fused-ring (bicyclic) bond motifs is 3. The van der Waals surface area contributed by atoms with Crippen LogP contribution in [-0.2, 0) is 19.1 Å². The molecule has 60 heavy (non-hydrogen) atoms. The lowest BCUT2D eigenvalue weighted by molar-refractivity contribution is -0.136. The van der Waals surface area contributed by atoms with Crippen molar-refractivity contribution >= 4 is 57.5 Å². The average Bonchev–Trinajstić information content (AvgIpc) is 3.47. The normalized spacial score (nSPS) is 21.5. The van der Waals surface area contributed by atoms with Crippen molar-refractivity contribution in [2.24, 2.45) is 11.3 Å². The lowest BCUT2D eigenvalue weighted by Gasteiger charge is -2.53. The number of hydrogen-bond donors (Lipinski definition) is 3. The number of carbonyl (C=O) groups is 5. The summed E-state index contributed by atoms with van der Waals surface area (Å²) in [6.07, 6.45) is 7.41. The predicted octanol–water partition coefficient (Wildman–Crippen LogP) is 4.29. The summed E-state index contributed by atoms with van der Waals surface area (Å²) < 4.78 is 27.0. The first-order valence-corrected chi connectivity index (χ1v) is 20.7. The van der Waals surface area contributed by atoms with Crippen molar-refractivity contribution in [3.63, 3.8) is 0 Å². The maximum Gasteiger partial charge on any atom is 0.264 e. The van der Waals surface area contributed by atoms with Gasteiger partial charge >= 0.3 is 0 Å². The van der Waals surface area contributed by atoms with E-state index in [1.807, 2.05) is 13.0 Å². The lowest BCUT2D eigenvalue weighted by atomic mass is 9.61. The van der Waals surface area contributed by atoms with Gasteiger partial charge < -0.3 is 29.9 Å². The summed E-state index contributed by atoms with van der Waals surface area (Å²) in [5.41, 5.74) is 4.26. The van der Waals surface area contributed by atoms with Gasteiger partial charge in [0.15, 0.2) is 0 Å². The first-order valence-electron chi connectivity index (χ1n) is 20.7. The maximum atomic E-state index is 15.3. The van der Waals surface area contributed by atoms with E-state index < -0.39 is 29.7 Å². The number of carbonyl (C=O) groups excluding carboxylic acids is 5. The third-order valence-electron chi connectivity index (χ3n) is 13.3. The molecule has 2 aromatic carbocycles. The van der Waals surface area contributed by atoms with Crippen molar-refractivity contribution in [1.82, 2.24) is 25.1 Å². The smallest absolute Gasteiger partial charge is 0.264 e. The second-order valence-electron chi connectivity index (χ2n) is 17.1. The number of benzene rings is 2. The lowest BCUT2D eigenvalue weighted by Crippen LogP contribution is -2.55. The van der Waals surface area contributed by atoms with Crippen LogP contribution in [0.15, 0.2) is 48.8 Å². The van der Waals surface area contributed by atoms with Crippen molar-refractivity contribution in [3.05, 3.63) is 71.3 Å². The Balaban J connectivity index is 0.677. The zero-order valence-corrected chi connectivity index (χ0v) is 33.2. The summed E-state index contributed by atoms with van der Waals surface area (Å²) in [6, 6.07) is 9.22. The molecule has 310 valence electrons. The van der Waals surface area contributed by atoms with E-state index in [1.54, 1.807) is 36.7 Å². The number of nitrogens with zero attached hydrogens (tertiary/aromatic N) is 5. The molecule has 5 aliphatic heterocycles. The highest BCUT2D eigenvalue weighted by Gasteiger charge is 2.48. The van der Waals surface area contributed by atoms with Crippen molar-refractivity contribution < 1.29 is 37.8 Å². The van der Waals surface area contributed by atoms with E-state index in [-0.39, 0.29) is 42.7 Å². The van der Waals surface area contributed by atoms with E-state index in [9.17, 15) is 24.0 Å². The molecule has 16 heteroatoms. The highest BCUT2D eigenvalue weighted by atomic mass is 19.1. The van der Waals surface area contributed by atoms with Gasteiger partial charge in [-0.05, 0) is 98.8 Å². The highest BCUT2D eigenvalue weighted by molar-refractivity contribution is 6.25. The molecule has 7 heterocycles. The highest BCUT2D eigenvalue weighted by Crippen LogP contribution is 2.50. The standard InChI is InChI=1S/C44H45FN8O7/c1-24-31(19-48-41-39(24)46-9-12-59-41)30-13-26-15-35(47-18-27(26)14-32(30)45)49-37(55)23-60-28-16-44(17-28)7-10-51(11-8-44)20-25-21-52(22-25)33-4-2-3-29-38(33)43(58)53(42(29)57)34-5-6-36(54)50-40(34)56/h2-4,13-15,18-19,25,28,34,46H,5-12,16-17,20-23H2,1H3,(H,47,49,55)(H,50,54,56). The largest absolute Gasteiger partial charge is 0.474 e. The third-order valence-corrected chi connectivity index (χ3v) is 13.3. The minimum atomic E-state index is -0.987. The van der Waals surface area contributed by atoms with Gasteiger partial charge in [0.1, 0.15) is 36.6 Å². The van der Waals surface area contributed by atoms with Crippen molar-refractivity contribution in [2.75, 3.05) is 68.0 Å². The van der Waals surface area contributed by atoms with Crippen molar-refractivity contribution in [2.45, 2.75) is 57.6 Å². The van der Waals surface area contributed by atoms with Gasteiger partial charge in [0.2, 0.25) is 17.7 Å². The summed E-state index contributed by atoms with van der Waals surface area (Å²) in [5.74, 6) is -1.36. The van der Waals surface area contributed by atoms with Crippen LogP contribution >= 0.6 is 0 Å². The Bertz CT molecular complexity index is 2470. The summed E-state index contributed by atoms with van der Waals surface area (Å²) in [7, 11) is 0. The molecular weight excluding hydrogens is 772 g/mol. The van der Waals surface area contributed by atoms with Crippen LogP contribution in [0, 0.1) is 24.1 Å². The Hall–Kier alpha value is -6.00. The van der Waals surface area contributed by atoms with Gasteiger partial charge in [-0.1, -0.05) is 6.07 Å². The number of imide groups is 2. The summed E-state index contributed by atoms with van der Waals surface area (Å²) in [4.78, 5) is 78.4. The average molecular weight is 817 g/mol. The Morgan fingerprint density at radius 1 is 1.00 bits per heavy atom. The fourth-order valence-corrected chi connectivity index (χ4v) is 9.96. The number of halogens is 1. The summed E-state index contributed by atoms with van der Waals surface area (Å²) in [6.45, 7) is 7.48. The molecule has 1 unspecified atom stereocenters. The topological polar surface area (TPSA) is 175 Å². The first-order chi connectivity index (χ1) is 29.0. The van der Waals surface area contributed by atoms with E-state index in [0.29, 0.717) is 64.1 Å². The molecular formula is C44H45FN8O7. The number of piperidine rings is 2. The van der Waals surface area contributed by atoms with E-state index in [2.05, 4.69) is 35.7 Å². The monoisotopic (exact) mass is 816 g/mol. The summed E-state index contributed by atoms with van der Waals surface area (Å²) in [5, 5.41) is 9.74. The van der Waals surface area contributed by atoms with Gasteiger partial charge in [-0.2, -0.15) is 0 Å². The first kappa shape index (κ1) is 38.2. The van der Waals surface area contributed by atoms with Crippen LogP contribution in [0.2, 0.25) is 0 Å². The number of aromatic nitrogens is 2. The number of rotatable bonds is 9. The minimum Gasteiger partial charge on any atom is -0.474 e. The molecule has 3 N–H and O–H groups in total. The van der Waals surface area contributed by atoms with Gasteiger partial charge in [-0.15, -0.1) is 0 Å². The second kappa shape index (κ2) is 14.9. The zero-order chi connectivity index (χ0) is 41.3. The van der Waals surface area contributed by atoms with Crippen LogP contribution in [0.4, 0.5) is 21.6 Å². The zero-order valence-electron chi connectivity index (χ0n) is 33.2. The molecule has 0 bridgehead atoms. The minimum absolute atomic E-state index is 0.0269. The van der Waals surface area contributed by atoms with Crippen molar-refractivity contribution in [3.8, 4) is 17.0 Å². The van der Waals surface area contributed by atoms with Gasteiger partial charge in [-0.3, -0.25) is 34.2 Å². The quantitative estimate of drug-likeness (QED) is 0.205. The van der Waals surface area contributed by atoms with Gasteiger partial charge in [0.05, 0.1) is 22.9 Å². The van der Waals surface area contributed by atoms with Crippen LogP contribution < -0.4 is 25.6 Å². The maximum absolute atomic E-state index is 15.3. The third kappa shape index (κ3) is 6.80. The Labute approximate surface area is 345 Å². The van der Waals surface area contributed by atoms with Crippen LogP contribution in [0.3, 0.4) is 0 Å². The Kier molecular flexibility index (Phi) is 9.50. The number of anilines is 3. The molecule has 15 nitrogen and oxygen atoms in total. The Morgan fingerprint density at radius 2 is 1.82 bits per heavy atom. The SMILES string of the molecule is Cc1c(-c2cc3cc(NC(=O)COC4CC5(CCN(CC6CN(c7cccc8c7C(=O)N(C7CCC(=O)NC7=O)C8=O)C6)CC5)C4)ncc3cc2F)cnc2c1NCCO2. The van der Waals surface area contributed by atoms with E-state index >= 15 is 4.39 Å². The van der Waals surface area contributed by atoms with E-state index in [1.165, 1.54) is 6.07 Å². The number of ether oxygens (including phenoxy) is 2. The van der Waals surface area contributed by atoms with Crippen LogP contribution in [0.1, 0.15) is 64.8 Å². The van der Waals surface area contributed by atoms with Gasteiger partial charge in [0.25, 0.3) is 17.7 Å². The van der Waals surface area contributed by atoms with Gasteiger partial charge in [-0.25, -0.2) is 14.4 Å².